The summed E-state index contributed by atoms with van der Waals surface area (Å²) in [6, 6.07) is 14.4. The summed E-state index contributed by atoms with van der Waals surface area (Å²) >= 11 is 7.54. The van der Waals surface area contributed by atoms with Crippen molar-refractivity contribution in [3.8, 4) is 0 Å². The molecular weight excluding hydrogens is 278 g/mol. The van der Waals surface area contributed by atoms with Crippen LogP contribution >= 0.6 is 23.4 Å². The van der Waals surface area contributed by atoms with E-state index in [0.29, 0.717) is 10.0 Å². The lowest BCUT2D eigenvalue weighted by Gasteiger charge is -2.05. The predicted molar refractivity (Wildman–Crippen MR) is 79.5 cm³/mol. The fraction of sp³-hybridized carbons (Fsp3) is 0. The first-order valence-corrected chi connectivity index (χ1v) is 6.86. The van der Waals surface area contributed by atoms with Crippen molar-refractivity contribution in [2.45, 2.75) is 9.92 Å². The first kappa shape index (κ1) is 12.3. The van der Waals surface area contributed by atoms with Crippen molar-refractivity contribution >= 4 is 40.1 Å². The van der Waals surface area contributed by atoms with E-state index in [9.17, 15) is 0 Å². The highest BCUT2D eigenvalue weighted by Crippen LogP contribution is 2.33. The lowest BCUT2D eigenvalue weighted by molar-refractivity contribution is 1.06. The number of hydrogen-bond acceptors (Lipinski definition) is 4. The van der Waals surface area contributed by atoms with Gasteiger partial charge in [0.15, 0.2) is 0 Å². The molecule has 0 spiro atoms. The average Bonchev–Trinajstić information content (AvgIpc) is 2.43. The van der Waals surface area contributed by atoms with Crippen molar-refractivity contribution in [3.63, 3.8) is 0 Å². The number of aromatic nitrogens is 2. The molecule has 0 atom stereocenters. The van der Waals surface area contributed by atoms with E-state index < -0.39 is 0 Å². The fourth-order valence-electron chi connectivity index (χ4n) is 1.78. The van der Waals surface area contributed by atoms with Gasteiger partial charge in [-0.2, -0.15) is 0 Å². The van der Waals surface area contributed by atoms with Gasteiger partial charge in [0.2, 0.25) is 5.95 Å². The third kappa shape index (κ3) is 2.64. The van der Waals surface area contributed by atoms with Crippen LogP contribution in [0.2, 0.25) is 5.02 Å². The van der Waals surface area contributed by atoms with Crippen LogP contribution in [-0.2, 0) is 0 Å². The molecular formula is C14H10ClN3S. The molecule has 0 saturated heterocycles. The number of hydrogen-bond donors (Lipinski definition) is 1. The van der Waals surface area contributed by atoms with Crippen LogP contribution in [0.15, 0.2) is 58.6 Å². The Morgan fingerprint density at radius 1 is 1.05 bits per heavy atom. The maximum absolute atomic E-state index is 6.06. The summed E-state index contributed by atoms with van der Waals surface area (Å²) < 4.78 is 0. The highest BCUT2D eigenvalue weighted by molar-refractivity contribution is 7.99. The Bertz CT molecular complexity index is 746. The van der Waals surface area contributed by atoms with E-state index in [1.54, 1.807) is 0 Å². The smallest absolute Gasteiger partial charge is 0.221 e. The van der Waals surface area contributed by atoms with E-state index in [0.717, 1.165) is 4.90 Å². The van der Waals surface area contributed by atoms with E-state index in [4.69, 9.17) is 17.3 Å². The minimum absolute atomic E-state index is 0.229. The van der Waals surface area contributed by atoms with Crippen molar-refractivity contribution in [2.24, 2.45) is 0 Å². The number of benzene rings is 2. The van der Waals surface area contributed by atoms with Gasteiger partial charge >= 0.3 is 0 Å². The largest absolute Gasteiger partial charge is 0.368 e. The molecule has 0 amide bonds. The molecule has 3 rings (SSSR count). The van der Waals surface area contributed by atoms with E-state index in [-0.39, 0.29) is 5.95 Å². The Labute approximate surface area is 119 Å². The maximum atomic E-state index is 6.06. The summed E-state index contributed by atoms with van der Waals surface area (Å²) in [6.45, 7) is 0. The number of rotatable bonds is 2. The molecule has 1 aromatic heterocycles. The van der Waals surface area contributed by atoms with Crippen LogP contribution in [0.5, 0.6) is 0 Å². The maximum Gasteiger partial charge on any atom is 0.221 e. The minimum atomic E-state index is 0.229. The average molecular weight is 288 g/mol. The van der Waals surface area contributed by atoms with Crippen LogP contribution < -0.4 is 5.73 Å². The van der Waals surface area contributed by atoms with Crippen molar-refractivity contribution in [1.82, 2.24) is 9.97 Å². The van der Waals surface area contributed by atoms with Gasteiger partial charge in [-0.3, -0.25) is 0 Å². The lowest BCUT2D eigenvalue weighted by atomic mass is 10.1. The molecule has 0 aliphatic heterocycles. The molecule has 3 aromatic rings. The van der Waals surface area contributed by atoms with Gasteiger partial charge in [0, 0.05) is 4.90 Å². The van der Waals surface area contributed by atoms with Gasteiger partial charge in [0.1, 0.15) is 5.03 Å². The van der Waals surface area contributed by atoms with Gasteiger partial charge in [0.05, 0.1) is 11.2 Å². The van der Waals surface area contributed by atoms with Crippen molar-refractivity contribution in [3.05, 3.63) is 53.7 Å². The minimum Gasteiger partial charge on any atom is -0.368 e. The van der Waals surface area contributed by atoms with Gasteiger partial charge in [0.25, 0.3) is 0 Å². The van der Waals surface area contributed by atoms with Gasteiger partial charge in [-0.15, -0.1) is 0 Å². The van der Waals surface area contributed by atoms with E-state index in [1.165, 1.54) is 28.7 Å². The Hall–Kier alpha value is -1.78. The van der Waals surface area contributed by atoms with Crippen LogP contribution in [0.1, 0.15) is 0 Å². The number of anilines is 1. The second-order valence-electron chi connectivity index (χ2n) is 3.99. The quantitative estimate of drug-likeness (QED) is 0.723. The molecule has 0 saturated carbocycles. The van der Waals surface area contributed by atoms with Gasteiger partial charge in [-0.05, 0) is 22.9 Å². The number of nitrogens with two attached hydrogens (primary N) is 1. The zero-order valence-electron chi connectivity index (χ0n) is 9.88. The summed E-state index contributed by atoms with van der Waals surface area (Å²) in [7, 11) is 0. The van der Waals surface area contributed by atoms with E-state index >= 15 is 0 Å². The zero-order valence-corrected chi connectivity index (χ0v) is 11.4. The second-order valence-corrected chi connectivity index (χ2v) is 5.46. The molecule has 5 heteroatoms. The highest BCUT2D eigenvalue weighted by Gasteiger charge is 2.06. The third-order valence-electron chi connectivity index (χ3n) is 2.67. The molecule has 0 aliphatic carbocycles. The molecule has 0 radical (unpaired) electrons. The Balaban J connectivity index is 1.98. The van der Waals surface area contributed by atoms with Crippen LogP contribution in [0.25, 0.3) is 10.8 Å². The van der Waals surface area contributed by atoms with Crippen molar-refractivity contribution in [1.29, 1.82) is 0 Å². The summed E-state index contributed by atoms with van der Waals surface area (Å²) in [5.41, 5.74) is 5.58. The molecule has 0 fully saturated rings. The van der Waals surface area contributed by atoms with Crippen molar-refractivity contribution in [2.75, 3.05) is 5.73 Å². The van der Waals surface area contributed by atoms with Gasteiger partial charge < -0.3 is 5.73 Å². The number of halogens is 1. The molecule has 1 heterocycles. The molecule has 94 valence electrons. The van der Waals surface area contributed by atoms with Crippen LogP contribution in [0, 0.1) is 0 Å². The molecule has 0 unspecified atom stereocenters. The van der Waals surface area contributed by atoms with Gasteiger partial charge in [-0.25, -0.2) is 9.97 Å². The Kier molecular flexibility index (Phi) is 3.27. The fourth-order valence-corrected chi connectivity index (χ4v) is 2.82. The lowest BCUT2D eigenvalue weighted by Crippen LogP contribution is -1.95. The van der Waals surface area contributed by atoms with Gasteiger partial charge in [-0.1, -0.05) is 53.7 Å². The summed E-state index contributed by atoms with van der Waals surface area (Å²) in [5, 5.41) is 3.57. The molecule has 2 aromatic carbocycles. The zero-order chi connectivity index (χ0) is 13.2. The Morgan fingerprint density at radius 3 is 2.68 bits per heavy atom. The highest BCUT2D eigenvalue weighted by atomic mass is 35.5. The normalized spacial score (nSPS) is 10.8. The van der Waals surface area contributed by atoms with Crippen LogP contribution in [-0.4, -0.2) is 9.97 Å². The SMILES string of the molecule is Nc1ncc(Cl)c(Sc2ccc3ccccc3c2)n1. The molecule has 2 N–H and O–H groups in total. The monoisotopic (exact) mass is 287 g/mol. The molecule has 0 bridgehead atoms. The van der Waals surface area contributed by atoms with Crippen LogP contribution in [0.3, 0.4) is 0 Å². The number of fused-ring (bicyclic) bond motifs is 1. The van der Waals surface area contributed by atoms with Crippen molar-refractivity contribution < 1.29 is 0 Å². The number of nitrogens with zero attached hydrogens (tertiary/aromatic N) is 2. The topological polar surface area (TPSA) is 51.8 Å². The Morgan fingerprint density at radius 2 is 1.84 bits per heavy atom. The summed E-state index contributed by atoms with van der Waals surface area (Å²) in [5.74, 6) is 0.229. The van der Waals surface area contributed by atoms with Crippen LogP contribution in [0.4, 0.5) is 5.95 Å². The molecule has 3 nitrogen and oxygen atoms in total. The first-order chi connectivity index (χ1) is 9.22. The molecule has 19 heavy (non-hydrogen) atoms. The van der Waals surface area contributed by atoms with E-state index in [1.807, 2.05) is 18.2 Å². The standard InChI is InChI=1S/C14H10ClN3S/c15-12-8-17-14(16)18-13(12)19-11-6-5-9-3-1-2-4-10(9)7-11/h1-8H,(H2,16,17,18). The summed E-state index contributed by atoms with van der Waals surface area (Å²) in [4.78, 5) is 9.07. The number of nitrogen functional groups attached to an aromatic ring is 1. The first-order valence-electron chi connectivity index (χ1n) is 5.67. The predicted octanol–water partition coefficient (Wildman–Crippen LogP) is 4.02. The summed E-state index contributed by atoms with van der Waals surface area (Å²) in [6.07, 6.45) is 1.52. The van der Waals surface area contributed by atoms with E-state index in [2.05, 4.69) is 34.2 Å². The second kappa shape index (κ2) is 5.07. The molecule has 0 aliphatic rings. The third-order valence-corrected chi connectivity index (χ3v) is 4.05.